The number of aryl methyl sites for hydroxylation is 3. The van der Waals surface area contributed by atoms with Crippen LogP contribution in [0.5, 0.6) is 5.75 Å². The van der Waals surface area contributed by atoms with Crippen molar-refractivity contribution >= 4 is 0 Å². The van der Waals surface area contributed by atoms with Gasteiger partial charge in [-0.1, -0.05) is 6.07 Å². The predicted molar refractivity (Wildman–Crippen MR) is 77.5 cm³/mol. The summed E-state index contributed by atoms with van der Waals surface area (Å²) >= 11 is 0. The second kappa shape index (κ2) is 5.41. The first-order chi connectivity index (χ1) is 9.02. The first-order valence-electron chi connectivity index (χ1n) is 6.36. The normalized spacial score (nSPS) is 12.3. The molecule has 1 aromatic heterocycles. The molecule has 2 rings (SSSR count). The maximum Gasteiger partial charge on any atom is 0.124 e. The van der Waals surface area contributed by atoms with Crippen LogP contribution in [-0.2, 0) is 0 Å². The molecule has 0 radical (unpaired) electrons. The van der Waals surface area contributed by atoms with Gasteiger partial charge in [-0.25, -0.2) is 0 Å². The summed E-state index contributed by atoms with van der Waals surface area (Å²) in [4.78, 5) is 4.37. The summed E-state index contributed by atoms with van der Waals surface area (Å²) in [7, 11) is 1.67. The quantitative estimate of drug-likeness (QED) is 0.918. The highest BCUT2D eigenvalue weighted by atomic mass is 16.5. The van der Waals surface area contributed by atoms with E-state index in [0.29, 0.717) is 0 Å². The van der Waals surface area contributed by atoms with Crippen molar-refractivity contribution in [3.63, 3.8) is 0 Å². The van der Waals surface area contributed by atoms with Gasteiger partial charge in [-0.2, -0.15) is 0 Å². The van der Waals surface area contributed by atoms with Crippen molar-refractivity contribution < 1.29 is 4.74 Å². The smallest absolute Gasteiger partial charge is 0.124 e. The summed E-state index contributed by atoms with van der Waals surface area (Å²) in [6.45, 7) is 6.15. The Bertz CT molecular complexity index is 593. The van der Waals surface area contributed by atoms with Gasteiger partial charge in [-0.3, -0.25) is 4.98 Å². The van der Waals surface area contributed by atoms with Gasteiger partial charge in [0.25, 0.3) is 0 Å². The Kier molecular flexibility index (Phi) is 3.86. The van der Waals surface area contributed by atoms with E-state index < -0.39 is 0 Å². The fourth-order valence-corrected chi connectivity index (χ4v) is 2.38. The zero-order valence-corrected chi connectivity index (χ0v) is 11.9. The molecule has 2 N–H and O–H groups in total. The van der Waals surface area contributed by atoms with E-state index in [-0.39, 0.29) is 6.04 Å². The lowest BCUT2D eigenvalue weighted by atomic mass is 9.95. The average molecular weight is 256 g/mol. The molecule has 3 heteroatoms. The third-order valence-corrected chi connectivity index (χ3v) is 3.28. The van der Waals surface area contributed by atoms with Crippen LogP contribution in [-0.4, -0.2) is 12.1 Å². The number of pyridine rings is 1. The molecule has 0 aliphatic heterocycles. The standard InChI is InChI=1S/C16H20N2O/c1-10-5-6-18-13(8-10)16(17)15-12(3)7-11(2)9-14(15)19-4/h5-9,16H,17H2,1-4H3. The van der Waals surface area contributed by atoms with E-state index in [1.807, 2.05) is 25.1 Å². The van der Waals surface area contributed by atoms with Gasteiger partial charge >= 0.3 is 0 Å². The fourth-order valence-electron chi connectivity index (χ4n) is 2.38. The van der Waals surface area contributed by atoms with Gasteiger partial charge in [0, 0.05) is 11.8 Å². The highest BCUT2D eigenvalue weighted by Crippen LogP contribution is 2.31. The summed E-state index contributed by atoms with van der Waals surface area (Å²) < 4.78 is 5.47. The highest BCUT2D eigenvalue weighted by Gasteiger charge is 2.18. The third kappa shape index (κ3) is 2.76. The molecule has 0 fully saturated rings. The molecule has 0 amide bonds. The minimum atomic E-state index is -0.268. The Morgan fingerprint density at radius 1 is 1.11 bits per heavy atom. The Hall–Kier alpha value is -1.87. The van der Waals surface area contributed by atoms with Gasteiger partial charge in [0.2, 0.25) is 0 Å². The van der Waals surface area contributed by atoms with E-state index >= 15 is 0 Å². The molecule has 0 bridgehead atoms. The molecule has 0 aliphatic rings. The van der Waals surface area contributed by atoms with E-state index in [1.165, 1.54) is 5.56 Å². The van der Waals surface area contributed by atoms with Crippen molar-refractivity contribution in [2.75, 3.05) is 7.11 Å². The number of aromatic nitrogens is 1. The molecule has 3 nitrogen and oxygen atoms in total. The van der Waals surface area contributed by atoms with Crippen LogP contribution in [0.1, 0.15) is 34.0 Å². The lowest BCUT2D eigenvalue weighted by molar-refractivity contribution is 0.406. The molecular weight excluding hydrogens is 236 g/mol. The molecule has 1 heterocycles. The van der Waals surface area contributed by atoms with Crippen LogP contribution in [0.3, 0.4) is 0 Å². The number of hydrogen-bond acceptors (Lipinski definition) is 3. The van der Waals surface area contributed by atoms with Crippen LogP contribution in [0.25, 0.3) is 0 Å². The van der Waals surface area contributed by atoms with Crippen molar-refractivity contribution in [3.05, 3.63) is 58.4 Å². The number of hydrogen-bond donors (Lipinski definition) is 1. The number of ether oxygens (including phenoxy) is 1. The molecule has 100 valence electrons. The molecule has 2 aromatic rings. The minimum Gasteiger partial charge on any atom is -0.496 e. The number of rotatable bonds is 3. The van der Waals surface area contributed by atoms with Crippen molar-refractivity contribution in [1.29, 1.82) is 0 Å². The minimum absolute atomic E-state index is 0.268. The summed E-state index contributed by atoms with van der Waals surface area (Å²) in [6.07, 6.45) is 1.79. The van der Waals surface area contributed by atoms with Gasteiger partial charge in [0.15, 0.2) is 0 Å². The first-order valence-corrected chi connectivity index (χ1v) is 6.36. The second-order valence-electron chi connectivity index (χ2n) is 4.93. The van der Waals surface area contributed by atoms with Crippen LogP contribution in [0.15, 0.2) is 30.5 Å². The van der Waals surface area contributed by atoms with Gasteiger partial charge in [-0.15, -0.1) is 0 Å². The zero-order valence-electron chi connectivity index (χ0n) is 11.9. The molecular formula is C16H20N2O. The molecule has 0 saturated carbocycles. The maximum atomic E-state index is 6.37. The number of nitrogens with zero attached hydrogens (tertiary/aromatic N) is 1. The molecule has 0 spiro atoms. The van der Waals surface area contributed by atoms with Crippen LogP contribution >= 0.6 is 0 Å². The molecule has 1 unspecified atom stereocenters. The third-order valence-electron chi connectivity index (χ3n) is 3.28. The average Bonchev–Trinajstić information content (AvgIpc) is 2.37. The van der Waals surface area contributed by atoms with Gasteiger partial charge in [0.1, 0.15) is 5.75 Å². The fraction of sp³-hybridized carbons (Fsp3) is 0.312. The van der Waals surface area contributed by atoms with E-state index in [1.54, 1.807) is 13.3 Å². The summed E-state index contributed by atoms with van der Waals surface area (Å²) in [5.74, 6) is 0.827. The molecule has 0 saturated heterocycles. The zero-order chi connectivity index (χ0) is 14.0. The molecule has 19 heavy (non-hydrogen) atoms. The summed E-state index contributed by atoms with van der Waals surface area (Å²) in [5.41, 5.74) is 11.7. The van der Waals surface area contributed by atoms with Crippen LogP contribution in [0.4, 0.5) is 0 Å². The van der Waals surface area contributed by atoms with Gasteiger partial charge in [-0.05, 0) is 55.7 Å². The topological polar surface area (TPSA) is 48.1 Å². The van der Waals surface area contributed by atoms with E-state index in [2.05, 4.69) is 24.9 Å². The van der Waals surface area contributed by atoms with E-state index in [9.17, 15) is 0 Å². The van der Waals surface area contributed by atoms with Crippen molar-refractivity contribution in [2.24, 2.45) is 5.73 Å². The first kappa shape index (κ1) is 13.6. The Morgan fingerprint density at radius 2 is 1.84 bits per heavy atom. The lowest BCUT2D eigenvalue weighted by Gasteiger charge is -2.19. The Labute approximate surface area is 114 Å². The lowest BCUT2D eigenvalue weighted by Crippen LogP contribution is -2.16. The monoisotopic (exact) mass is 256 g/mol. The van der Waals surface area contributed by atoms with Crippen molar-refractivity contribution in [2.45, 2.75) is 26.8 Å². The van der Waals surface area contributed by atoms with Crippen molar-refractivity contribution in [3.8, 4) is 5.75 Å². The predicted octanol–water partition coefficient (Wildman–Crippen LogP) is 3.06. The maximum absolute atomic E-state index is 6.37. The molecule has 1 aromatic carbocycles. The SMILES string of the molecule is COc1cc(C)cc(C)c1C(N)c1cc(C)ccn1. The van der Waals surface area contributed by atoms with Gasteiger partial charge < -0.3 is 10.5 Å². The van der Waals surface area contributed by atoms with Crippen LogP contribution in [0, 0.1) is 20.8 Å². The summed E-state index contributed by atoms with van der Waals surface area (Å²) in [6, 6.07) is 7.85. The van der Waals surface area contributed by atoms with E-state index in [4.69, 9.17) is 10.5 Å². The summed E-state index contributed by atoms with van der Waals surface area (Å²) in [5, 5.41) is 0. The highest BCUT2D eigenvalue weighted by molar-refractivity contribution is 5.47. The second-order valence-corrected chi connectivity index (χ2v) is 4.93. The number of nitrogens with two attached hydrogens (primary N) is 1. The number of methoxy groups -OCH3 is 1. The van der Waals surface area contributed by atoms with Gasteiger partial charge in [0.05, 0.1) is 18.8 Å². The Morgan fingerprint density at radius 3 is 2.47 bits per heavy atom. The van der Waals surface area contributed by atoms with Crippen molar-refractivity contribution in [1.82, 2.24) is 4.98 Å². The Balaban J connectivity index is 2.52. The van der Waals surface area contributed by atoms with E-state index in [0.717, 1.165) is 28.1 Å². The van der Waals surface area contributed by atoms with Crippen LogP contribution in [0.2, 0.25) is 0 Å². The molecule has 1 atom stereocenters. The van der Waals surface area contributed by atoms with Crippen LogP contribution < -0.4 is 10.5 Å². The number of benzene rings is 1. The molecule has 0 aliphatic carbocycles. The largest absolute Gasteiger partial charge is 0.496 e.